The Morgan fingerprint density at radius 2 is 1.72 bits per heavy atom. The van der Waals surface area contributed by atoms with Gasteiger partial charge in [0.2, 0.25) is 0 Å². The maximum absolute atomic E-state index is 12.9. The molecule has 1 aliphatic rings. The van der Waals surface area contributed by atoms with Crippen molar-refractivity contribution in [3.8, 4) is 0 Å². The predicted octanol–water partition coefficient (Wildman–Crippen LogP) is 3.64. The standard InChI is InChI=1S/C20H24FN3S/c1-15-4-3-5-19(16(15)2)23-10-12-24(13-11-23)20(25)22-14-17-6-8-18(21)9-7-17/h3-9H,10-14H2,1-2H3,(H,22,25). The molecule has 0 aliphatic carbocycles. The molecule has 0 bridgehead atoms. The van der Waals surface area contributed by atoms with E-state index in [1.807, 2.05) is 0 Å². The van der Waals surface area contributed by atoms with Crippen LogP contribution in [0.5, 0.6) is 0 Å². The van der Waals surface area contributed by atoms with Crippen molar-refractivity contribution in [3.63, 3.8) is 0 Å². The molecule has 1 N–H and O–H groups in total. The SMILES string of the molecule is Cc1cccc(N2CCN(C(=S)NCc3ccc(F)cc3)CC2)c1C. The van der Waals surface area contributed by atoms with Crippen molar-refractivity contribution < 1.29 is 4.39 Å². The lowest BCUT2D eigenvalue weighted by Gasteiger charge is -2.38. The van der Waals surface area contributed by atoms with Gasteiger partial charge in [-0.15, -0.1) is 0 Å². The van der Waals surface area contributed by atoms with Crippen LogP contribution in [0, 0.1) is 19.7 Å². The smallest absolute Gasteiger partial charge is 0.169 e. The number of thiocarbonyl (C=S) groups is 1. The number of aryl methyl sites for hydroxylation is 1. The normalized spacial score (nSPS) is 14.5. The molecule has 25 heavy (non-hydrogen) atoms. The fourth-order valence-electron chi connectivity index (χ4n) is 3.12. The number of anilines is 1. The molecule has 1 heterocycles. The molecule has 0 saturated carbocycles. The van der Waals surface area contributed by atoms with E-state index in [1.165, 1.54) is 28.9 Å². The van der Waals surface area contributed by atoms with Crippen LogP contribution in [0.3, 0.4) is 0 Å². The summed E-state index contributed by atoms with van der Waals surface area (Å²) in [7, 11) is 0. The van der Waals surface area contributed by atoms with Crippen molar-refractivity contribution in [1.82, 2.24) is 10.2 Å². The number of nitrogens with one attached hydrogen (secondary N) is 1. The Bertz CT molecular complexity index is 737. The van der Waals surface area contributed by atoms with Crippen LogP contribution in [0.4, 0.5) is 10.1 Å². The highest BCUT2D eigenvalue weighted by molar-refractivity contribution is 7.80. The van der Waals surface area contributed by atoms with E-state index in [1.54, 1.807) is 12.1 Å². The molecule has 0 aromatic heterocycles. The lowest BCUT2D eigenvalue weighted by atomic mass is 10.1. The number of hydrogen-bond acceptors (Lipinski definition) is 2. The second-order valence-corrected chi connectivity index (χ2v) is 6.87. The topological polar surface area (TPSA) is 18.5 Å². The van der Waals surface area contributed by atoms with E-state index >= 15 is 0 Å². The zero-order valence-corrected chi connectivity index (χ0v) is 15.6. The zero-order valence-electron chi connectivity index (χ0n) is 14.8. The van der Waals surface area contributed by atoms with Crippen molar-refractivity contribution in [3.05, 3.63) is 65.0 Å². The van der Waals surface area contributed by atoms with Gasteiger partial charge in [-0.1, -0.05) is 24.3 Å². The molecule has 132 valence electrons. The molecule has 1 fully saturated rings. The summed E-state index contributed by atoms with van der Waals surface area (Å²) in [6.45, 7) is 8.70. The van der Waals surface area contributed by atoms with Crippen LogP contribution >= 0.6 is 12.2 Å². The summed E-state index contributed by atoms with van der Waals surface area (Å²) < 4.78 is 12.9. The second kappa shape index (κ2) is 7.83. The average molecular weight is 357 g/mol. The number of piperazine rings is 1. The van der Waals surface area contributed by atoms with E-state index in [9.17, 15) is 4.39 Å². The summed E-state index contributed by atoms with van der Waals surface area (Å²) in [4.78, 5) is 4.64. The fraction of sp³-hybridized carbons (Fsp3) is 0.350. The minimum atomic E-state index is -0.214. The van der Waals surface area contributed by atoms with Gasteiger partial charge in [-0.25, -0.2) is 4.39 Å². The molecule has 5 heteroatoms. The Labute approximate surface area is 154 Å². The quantitative estimate of drug-likeness (QED) is 0.845. The van der Waals surface area contributed by atoms with Crippen molar-refractivity contribution in [1.29, 1.82) is 0 Å². The highest BCUT2D eigenvalue weighted by Gasteiger charge is 2.20. The van der Waals surface area contributed by atoms with Gasteiger partial charge in [0.25, 0.3) is 0 Å². The Morgan fingerprint density at radius 3 is 2.40 bits per heavy atom. The number of nitrogens with zero attached hydrogens (tertiary/aromatic N) is 2. The number of benzene rings is 2. The summed E-state index contributed by atoms with van der Waals surface area (Å²) in [5.41, 5.74) is 5.03. The zero-order chi connectivity index (χ0) is 17.8. The predicted molar refractivity (Wildman–Crippen MR) is 106 cm³/mol. The number of halogens is 1. The van der Waals surface area contributed by atoms with Crippen molar-refractivity contribution in [2.75, 3.05) is 31.1 Å². The highest BCUT2D eigenvalue weighted by Crippen LogP contribution is 2.23. The monoisotopic (exact) mass is 357 g/mol. The van der Waals surface area contributed by atoms with Gasteiger partial charge in [-0.3, -0.25) is 0 Å². The van der Waals surface area contributed by atoms with Crippen LogP contribution in [-0.2, 0) is 6.54 Å². The van der Waals surface area contributed by atoms with Crippen LogP contribution in [0.2, 0.25) is 0 Å². The Balaban J connectivity index is 1.52. The molecule has 2 aromatic carbocycles. The third kappa shape index (κ3) is 4.28. The summed E-state index contributed by atoms with van der Waals surface area (Å²) in [5, 5.41) is 4.05. The van der Waals surface area contributed by atoms with Gasteiger partial charge in [0.1, 0.15) is 5.82 Å². The van der Waals surface area contributed by atoms with Gasteiger partial charge in [0.15, 0.2) is 5.11 Å². The molecule has 0 amide bonds. The van der Waals surface area contributed by atoms with Crippen molar-refractivity contribution in [2.24, 2.45) is 0 Å². The first-order valence-electron chi connectivity index (χ1n) is 8.63. The molecular weight excluding hydrogens is 333 g/mol. The largest absolute Gasteiger partial charge is 0.368 e. The molecular formula is C20H24FN3S. The maximum Gasteiger partial charge on any atom is 0.169 e. The summed E-state index contributed by atoms with van der Waals surface area (Å²) in [6, 6.07) is 13.0. The summed E-state index contributed by atoms with van der Waals surface area (Å²) in [6.07, 6.45) is 0. The molecule has 0 unspecified atom stereocenters. The van der Waals surface area contributed by atoms with Crippen LogP contribution in [0.15, 0.2) is 42.5 Å². The minimum absolute atomic E-state index is 0.214. The average Bonchev–Trinajstić information content (AvgIpc) is 2.63. The molecule has 3 nitrogen and oxygen atoms in total. The molecule has 3 rings (SSSR count). The molecule has 1 saturated heterocycles. The van der Waals surface area contributed by atoms with Crippen molar-refractivity contribution in [2.45, 2.75) is 20.4 Å². The van der Waals surface area contributed by atoms with E-state index in [2.05, 4.69) is 47.2 Å². The van der Waals surface area contributed by atoms with Crippen LogP contribution < -0.4 is 10.2 Å². The lowest BCUT2D eigenvalue weighted by molar-refractivity contribution is 0.380. The first-order chi connectivity index (χ1) is 12.0. The van der Waals surface area contributed by atoms with Gasteiger partial charge < -0.3 is 15.1 Å². The third-order valence-electron chi connectivity index (χ3n) is 4.84. The Kier molecular flexibility index (Phi) is 5.53. The van der Waals surface area contributed by atoms with E-state index < -0.39 is 0 Å². The summed E-state index contributed by atoms with van der Waals surface area (Å²) >= 11 is 5.52. The first kappa shape index (κ1) is 17.7. The highest BCUT2D eigenvalue weighted by atomic mass is 32.1. The van der Waals surface area contributed by atoms with E-state index in [0.717, 1.165) is 36.9 Å². The van der Waals surface area contributed by atoms with Gasteiger partial charge in [0.05, 0.1) is 0 Å². The van der Waals surface area contributed by atoms with E-state index in [-0.39, 0.29) is 5.82 Å². The molecule has 0 radical (unpaired) electrons. The van der Waals surface area contributed by atoms with E-state index in [0.29, 0.717) is 6.54 Å². The Hall–Kier alpha value is -2.14. The fourth-order valence-corrected chi connectivity index (χ4v) is 3.38. The number of hydrogen-bond donors (Lipinski definition) is 1. The van der Waals surface area contributed by atoms with Gasteiger partial charge >= 0.3 is 0 Å². The second-order valence-electron chi connectivity index (χ2n) is 6.48. The third-order valence-corrected chi connectivity index (χ3v) is 5.24. The van der Waals surface area contributed by atoms with Crippen molar-refractivity contribution >= 4 is 23.0 Å². The van der Waals surface area contributed by atoms with E-state index in [4.69, 9.17) is 12.2 Å². The van der Waals surface area contributed by atoms with Crippen LogP contribution in [0.25, 0.3) is 0 Å². The van der Waals surface area contributed by atoms with Gasteiger partial charge in [-0.05, 0) is 61.0 Å². The first-order valence-corrected chi connectivity index (χ1v) is 9.04. The maximum atomic E-state index is 12.9. The summed E-state index contributed by atoms with van der Waals surface area (Å²) in [5.74, 6) is -0.214. The van der Waals surface area contributed by atoms with Gasteiger partial charge in [-0.2, -0.15) is 0 Å². The molecule has 2 aromatic rings. The number of rotatable bonds is 3. The molecule has 0 atom stereocenters. The van der Waals surface area contributed by atoms with Gasteiger partial charge in [0, 0.05) is 38.4 Å². The molecule has 1 aliphatic heterocycles. The minimum Gasteiger partial charge on any atom is -0.368 e. The van der Waals surface area contributed by atoms with Crippen LogP contribution in [-0.4, -0.2) is 36.2 Å². The Morgan fingerprint density at radius 1 is 1.04 bits per heavy atom. The lowest BCUT2D eigenvalue weighted by Crippen LogP contribution is -2.51. The van der Waals surface area contributed by atoms with Crippen LogP contribution in [0.1, 0.15) is 16.7 Å². The molecule has 0 spiro atoms.